The van der Waals surface area contributed by atoms with Gasteiger partial charge in [0.25, 0.3) is 0 Å². The second-order valence-electron chi connectivity index (χ2n) is 6.04. The fraction of sp³-hybridized carbons (Fsp3) is 0.0476. The van der Waals surface area contributed by atoms with Crippen molar-refractivity contribution < 1.29 is 5.11 Å². The van der Waals surface area contributed by atoms with E-state index in [4.69, 9.17) is 5.73 Å². The van der Waals surface area contributed by atoms with E-state index in [-0.39, 0.29) is 11.7 Å². The molecule has 26 heavy (non-hydrogen) atoms. The summed E-state index contributed by atoms with van der Waals surface area (Å²) >= 11 is 0. The summed E-state index contributed by atoms with van der Waals surface area (Å²) in [6, 6.07) is 20.7. The van der Waals surface area contributed by atoms with Crippen molar-refractivity contribution in [3.63, 3.8) is 0 Å². The van der Waals surface area contributed by atoms with Crippen molar-refractivity contribution >= 4 is 11.4 Å². The molecule has 0 saturated carbocycles. The molecule has 0 fully saturated rings. The summed E-state index contributed by atoms with van der Waals surface area (Å²) in [7, 11) is 0. The third-order valence-corrected chi connectivity index (χ3v) is 4.52. The molecule has 0 amide bonds. The number of nitrogens with zero attached hydrogens (tertiary/aromatic N) is 3. The molecule has 4 rings (SSSR count). The Morgan fingerprint density at radius 3 is 2.58 bits per heavy atom. The molecule has 3 N–H and O–H groups in total. The highest BCUT2D eigenvalue weighted by atomic mass is 16.3. The number of para-hydroxylation sites is 1. The minimum Gasteiger partial charge on any atom is -0.508 e. The molecule has 126 valence electrons. The van der Waals surface area contributed by atoms with Crippen molar-refractivity contribution in [3.8, 4) is 11.8 Å². The van der Waals surface area contributed by atoms with Gasteiger partial charge in [-0.3, -0.25) is 9.88 Å². The highest BCUT2D eigenvalue weighted by Gasteiger charge is 2.34. The molecule has 3 aromatic rings. The maximum atomic E-state index is 10.1. The van der Waals surface area contributed by atoms with Crippen molar-refractivity contribution in [2.24, 2.45) is 5.73 Å². The Morgan fingerprint density at radius 1 is 1.08 bits per heavy atom. The summed E-state index contributed by atoms with van der Waals surface area (Å²) in [4.78, 5) is 5.99. The molecule has 1 atom stereocenters. The third-order valence-electron chi connectivity index (χ3n) is 4.52. The fourth-order valence-electron chi connectivity index (χ4n) is 3.39. The van der Waals surface area contributed by atoms with Crippen LogP contribution < -0.4 is 10.6 Å². The number of anilines is 2. The third kappa shape index (κ3) is 2.45. The van der Waals surface area contributed by atoms with Crippen LogP contribution in [-0.2, 0) is 0 Å². The molecular weight excluding hydrogens is 324 g/mol. The molecule has 0 spiro atoms. The van der Waals surface area contributed by atoms with E-state index in [0.29, 0.717) is 11.4 Å². The number of fused-ring (bicyclic) bond motifs is 1. The Balaban J connectivity index is 2.01. The van der Waals surface area contributed by atoms with E-state index in [1.807, 2.05) is 48.5 Å². The second-order valence-corrected chi connectivity index (χ2v) is 6.04. The molecular formula is C21H16N4O. The lowest BCUT2D eigenvalue weighted by Gasteiger charge is -2.36. The number of phenolic OH excluding ortho intramolecular Hbond substituents is 1. The number of rotatable bonds is 2. The van der Waals surface area contributed by atoms with E-state index in [2.05, 4.69) is 11.1 Å². The lowest BCUT2D eigenvalue weighted by atomic mass is 9.82. The molecule has 1 aliphatic rings. The van der Waals surface area contributed by atoms with Crippen LogP contribution in [0.1, 0.15) is 17.0 Å². The predicted molar refractivity (Wildman–Crippen MR) is 99.6 cm³/mol. The Bertz CT molecular complexity index is 1020. The van der Waals surface area contributed by atoms with E-state index in [1.165, 1.54) is 0 Å². The molecule has 0 unspecified atom stereocenters. The first-order valence-corrected chi connectivity index (χ1v) is 8.18. The Hall–Kier alpha value is -3.78. The van der Waals surface area contributed by atoms with Gasteiger partial charge in [0.1, 0.15) is 11.6 Å². The summed E-state index contributed by atoms with van der Waals surface area (Å²) in [5.41, 5.74) is 10.3. The van der Waals surface area contributed by atoms with Crippen LogP contribution >= 0.6 is 0 Å². The first-order chi connectivity index (χ1) is 12.7. The molecule has 2 heterocycles. The molecule has 0 bridgehead atoms. The van der Waals surface area contributed by atoms with Crippen molar-refractivity contribution in [3.05, 3.63) is 95.6 Å². The SMILES string of the molecule is N#CC1=C(N)N(c2ccccc2)c2cc(O)ccc2[C@@H]1c1cccnc1. The zero-order chi connectivity index (χ0) is 18.1. The molecule has 0 radical (unpaired) electrons. The second kappa shape index (κ2) is 6.26. The Kier molecular flexibility index (Phi) is 3.79. The maximum absolute atomic E-state index is 10.1. The average molecular weight is 340 g/mol. The number of hydrogen-bond donors (Lipinski definition) is 2. The minimum absolute atomic E-state index is 0.142. The summed E-state index contributed by atoms with van der Waals surface area (Å²) in [6.07, 6.45) is 3.43. The number of phenols is 1. The lowest BCUT2D eigenvalue weighted by Crippen LogP contribution is -2.31. The summed E-state index contributed by atoms with van der Waals surface area (Å²) in [5.74, 6) is 0.165. The average Bonchev–Trinajstić information content (AvgIpc) is 2.68. The highest BCUT2D eigenvalue weighted by Crippen LogP contribution is 2.46. The zero-order valence-corrected chi connectivity index (χ0v) is 13.9. The quantitative estimate of drug-likeness (QED) is 0.742. The maximum Gasteiger partial charge on any atom is 0.123 e. The summed E-state index contributed by atoms with van der Waals surface area (Å²) < 4.78 is 0. The van der Waals surface area contributed by atoms with E-state index < -0.39 is 0 Å². The molecule has 0 saturated heterocycles. The number of hydrogen-bond acceptors (Lipinski definition) is 5. The normalized spacial score (nSPS) is 16.1. The van der Waals surface area contributed by atoms with Gasteiger partial charge in [-0.2, -0.15) is 5.26 Å². The predicted octanol–water partition coefficient (Wildman–Crippen LogP) is 3.76. The number of pyridine rings is 1. The van der Waals surface area contributed by atoms with Gasteiger partial charge in [0.15, 0.2) is 0 Å². The number of aromatic hydroxyl groups is 1. The number of nitriles is 1. The Labute approximate surface area is 151 Å². The Morgan fingerprint density at radius 2 is 1.88 bits per heavy atom. The molecule has 2 aromatic carbocycles. The standard InChI is InChI=1S/C21H16N4O/c22-12-18-20(14-5-4-10-24-13-14)17-9-8-16(26)11-19(17)25(21(18)23)15-6-2-1-3-7-15/h1-11,13,20,26H,23H2/t20-/m0/s1. The smallest absolute Gasteiger partial charge is 0.123 e. The van der Waals surface area contributed by atoms with Crippen LogP contribution in [-0.4, -0.2) is 10.1 Å². The van der Waals surface area contributed by atoms with Crippen LogP contribution in [0.4, 0.5) is 11.4 Å². The van der Waals surface area contributed by atoms with Crippen molar-refractivity contribution in [1.29, 1.82) is 5.26 Å². The summed E-state index contributed by atoms with van der Waals surface area (Å²) in [5, 5.41) is 19.9. The van der Waals surface area contributed by atoms with Gasteiger partial charge in [0.2, 0.25) is 0 Å². The number of allylic oxidation sites excluding steroid dienone is 1. The van der Waals surface area contributed by atoms with Crippen LogP contribution in [0.5, 0.6) is 5.75 Å². The van der Waals surface area contributed by atoms with Crippen LogP contribution in [0, 0.1) is 11.3 Å². The molecule has 5 heteroatoms. The first kappa shape index (κ1) is 15.7. The molecule has 1 aliphatic heterocycles. The largest absolute Gasteiger partial charge is 0.508 e. The van der Waals surface area contributed by atoms with Gasteiger partial charge in [-0.05, 0) is 35.4 Å². The lowest BCUT2D eigenvalue weighted by molar-refractivity contribution is 0.475. The molecule has 1 aromatic heterocycles. The van der Waals surface area contributed by atoms with Crippen LogP contribution in [0.15, 0.2) is 84.5 Å². The van der Waals surface area contributed by atoms with Gasteiger partial charge in [-0.1, -0.05) is 30.3 Å². The monoisotopic (exact) mass is 340 g/mol. The van der Waals surface area contributed by atoms with Gasteiger partial charge in [-0.15, -0.1) is 0 Å². The number of nitrogens with two attached hydrogens (primary N) is 1. The van der Waals surface area contributed by atoms with Gasteiger partial charge >= 0.3 is 0 Å². The van der Waals surface area contributed by atoms with Gasteiger partial charge in [0, 0.05) is 24.1 Å². The van der Waals surface area contributed by atoms with Gasteiger partial charge in [-0.25, -0.2) is 0 Å². The minimum atomic E-state index is -0.329. The van der Waals surface area contributed by atoms with Crippen molar-refractivity contribution in [2.45, 2.75) is 5.92 Å². The van der Waals surface area contributed by atoms with E-state index >= 15 is 0 Å². The van der Waals surface area contributed by atoms with Crippen LogP contribution in [0.3, 0.4) is 0 Å². The number of aromatic nitrogens is 1. The van der Waals surface area contributed by atoms with Crippen molar-refractivity contribution in [1.82, 2.24) is 4.98 Å². The first-order valence-electron chi connectivity index (χ1n) is 8.18. The van der Waals surface area contributed by atoms with Crippen LogP contribution in [0.25, 0.3) is 0 Å². The van der Waals surface area contributed by atoms with E-state index in [0.717, 1.165) is 22.5 Å². The molecule has 0 aliphatic carbocycles. The highest BCUT2D eigenvalue weighted by molar-refractivity contribution is 5.78. The van der Waals surface area contributed by atoms with Gasteiger partial charge < -0.3 is 10.8 Å². The van der Waals surface area contributed by atoms with E-state index in [1.54, 1.807) is 29.4 Å². The van der Waals surface area contributed by atoms with E-state index in [9.17, 15) is 10.4 Å². The fourth-order valence-corrected chi connectivity index (χ4v) is 3.39. The van der Waals surface area contributed by atoms with Gasteiger partial charge in [0.05, 0.1) is 23.2 Å². The van der Waals surface area contributed by atoms with Crippen LogP contribution in [0.2, 0.25) is 0 Å². The zero-order valence-electron chi connectivity index (χ0n) is 13.9. The summed E-state index contributed by atoms with van der Waals surface area (Å²) in [6.45, 7) is 0. The number of benzene rings is 2. The topological polar surface area (TPSA) is 86.2 Å². The van der Waals surface area contributed by atoms with Crippen molar-refractivity contribution in [2.75, 3.05) is 4.90 Å². The molecule has 5 nitrogen and oxygen atoms in total.